The van der Waals surface area contributed by atoms with Crippen molar-refractivity contribution >= 4 is 5.91 Å². The average Bonchev–Trinajstić information content (AvgIpc) is 2.49. The molecule has 1 amide bonds. The molecule has 3 N–H and O–H groups in total. The van der Waals surface area contributed by atoms with E-state index < -0.39 is 0 Å². The Morgan fingerprint density at radius 3 is 2.05 bits per heavy atom. The summed E-state index contributed by atoms with van der Waals surface area (Å²) >= 11 is 0. The van der Waals surface area contributed by atoms with Gasteiger partial charge >= 0.3 is 0 Å². The predicted octanol–water partition coefficient (Wildman–Crippen LogP) is 2.11. The van der Waals surface area contributed by atoms with Gasteiger partial charge in [-0.05, 0) is 32.1 Å². The van der Waals surface area contributed by atoms with Crippen molar-refractivity contribution in [1.29, 1.82) is 0 Å². The Balaban J connectivity index is 1.80. The van der Waals surface area contributed by atoms with Crippen molar-refractivity contribution in [2.24, 2.45) is 0 Å². The van der Waals surface area contributed by atoms with E-state index in [0.717, 1.165) is 12.8 Å². The number of amides is 1. The summed E-state index contributed by atoms with van der Waals surface area (Å²) in [4.78, 5) is 12.4. The number of nitrogens with one attached hydrogen (secondary N) is 2. The fourth-order valence-corrected chi connectivity index (χ4v) is 3.52. The van der Waals surface area contributed by atoms with E-state index >= 15 is 0 Å². The first-order valence-corrected chi connectivity index (χ1v) is 8.47. The van der Waals surface area contributed by atoms with E-state index in [2.05, 4.69) is 10.6 Å². The molecular formula is C16H30N2O2. The van der Waals surface area contributed by atoms with Gasteiger partial charge in [-0.1, -0.05) is 38.5 Å². The van der Waals surface area contributed by atoms with E-state index in [4.69, 9.17) is 0 Å². The van der Waals surface area contributed by atoms with Crippen LogP contribution in [0.4, 0.5) is 0 Å². The van der Waals surface area contributed by atoms with Crippen molar-refractivity contribution in [3.8, 4) is 0 Å². The molecule has 2 rings (SSSR count). The molecule has 2 fully saturated rings. The van der Waals surface area contributed by atoms with Crippen LogP contribution in [0, 0.1) is 0 Å². The van der Waals surface area contributed by atoms with Crippen molar-refractivity contribution in [3.63, 3.8) is 0 Å². The summed E-state index contributed by atoms with van der Waals surface area (Å²) in [5.41, 5.74) is 0. The molecule has 0 unspecified atom stereocenters. The standard InChI is InChI=1S/C16H30N2O2/c19-12-11-15(17-13-7-3-1-4-8-13)16(20)18-14-9-5-2-6-10-14/h13-15,17,19H,1-12H2,(H,18,20)/t15-/m0/s1. The van der Waals surface area contributed by atoms with Crippen molar-refractivity contribution < 1.29 is 9.90 Å². The molecule has 0 spiro atoms. The van der Waals surface area contributed by atoms with Crippen molar-refractivity contribution in [2.75, 3.05) is 6.61 Å². The lowest BCUT2D eigenvalue weighted by atomic mass is 9.93. The van der Waals surface area contributed by atoms with Crippen LogP contribution in [-0.2, 0) is 4.79 Å². The molecule has 2 aliphatic rings. The summed E-state index contributed by atoms with van der Waals surface area (Å²) in [6, 6.07) is 0.591. The first-order chi connectivity index (χ1) is 9.79. The van der Waals surface area contributed by atoms with Gasteiger partial charge in [0.2, 0.25) is 5.91 Å². The largest absolute Gasteiger partial charge is 0.396 e. The van der Waals surface area contributed by atoms with Crippen LogP contribution < -0.4 is 10.6 Å². The summed E-state index contributed by atoms with van der Waals surface area (Å²) in [5.74, 6) is 0.0940. The van der Waals surface area contributed by atoms with E-state index in [9.17, 15) is 9.90 Å². The van der Waals surface area contributed by atoms with Crippen molar-refractivity contribution in [2.45, 2.75) is 88.8 Å². The summed E-state index contributed by atoms with van der Waals surface area (Å²) in [6.07, 6.45) is 12.7. The summed E-state index contributed by atoms with van der Waals surface area (Å²) in [6.45, 7) is 0.0719. The lowest BCUT2D eigenvalue weighted by molar-refractivity contribution is -0.124. The predicted molar refractivity (Wildman–Crippen MR) is 80.5 cm³/mol. The minimum atomic E-state index is -0.218. The first kappa shape index (κ1) is 15.8. The van der Waals surface area contributed by atoms with Crippen molar-refractivity contribution in [1.82, 2.24) is 10.6 Å². The molecule has 4 heteroatoms. The number of carbonyl (C=O) groups excluding carboxylic acids is 1. The minimum Gasteiger partial charge on any atom is -0.396 e. The molecule has 0 aromatic carbocycles. The number of rotatable bonds is 6. The minimum absolute atomic E-state index is 0.0719. The van der Waals surface area contributed by atoms with E-state index in [1.165, 1.54) is 51.4 Å². The maximum Gasteiger partial charge on any atom is 0.237 e. The van der Waals surface area contributed by atoms with Crippen LogP contribution in [0.25, 0.3) is 0 Å². The van der Waals surface area contributed by atoms with Gasteiger partial charge < -0.3 is 15.7 Å². The number of hydrogen-bond acceptors (Lipinski definition) is 3. The third-order valence-corrected chi connectivity index (χ3v) is 4.73. The van der Waals surface area contributed by atoms with E-state index in [0.29, 0.717) is 18.5 Å². The van der Waals surface area contributed by atoms with Gasteiger partial charge in [-0.2, -0.15) is 0 Å². The highest BCUT2D eigenvalue weighted by Crippen LogP contribution is 2.19. The highest BCUT2D eigenvalue weighted by Gasteiger charge is 2.25. The number of hydrogen-bond donors (Lipinski definition) is 3. The topological polar surface area (TPSA) is 61.4 Å². The summed E-state index contributed by atoms with van der Waals surface area (Å²) < 4.78 is 0. The molecule has 0 aromatic rings. The van der Waals surface area contributed by atoms with Crippen molar-refractivity contribution in [3.05, 3.63) is 0 Å². The molecule has 2 aliphatic carbocycles. The zero-order valence-corrected chi connectivity index (χ0v) is 12.6. The third-order valence-electron chi connectivity index (χ3n) is 4.73. The Kier molecular flexibility index (Phi) is 6.80. The molecule has 20 heavy (non-hydrogen) atoms. The highest BCUT2D eigenvalue weighted by molar-refractivity contribution is 5.82. The fourth-order valence-electron chi connectivity index (χ4n) is 3.52. The van der Waals surface area contributed by atoms with E-state index in [1.807, 2.05) is 0 Å². The quantitative estimate of drug-likeness (QED) is 0.699. The second-order valence-electron chi connectivity index (χ2n) is 6.41. The molecule has 0 radical (unpaired) electrons. The normalized spacial score (nSPS) is 23.4. The van der Waals surface area contributed by atoms with E-state index in [1.54, 1.807) is 0 Å². The smallest absolute Gasteiger partial charge is 0.237 e. The average molecular weight is 282 g/mol. The molecule has 116 valence electrons. The Morgan fingerprint density at radius 1 is 0.950 bits per heavy atom. The second-order valence-corrected chi connectivity index (χ2v) is 6.41. The Bertz CT molecular complexity index is 284. The van der Waals surface area contributed by atoms with Gasteiger partial charge in [0.05, 0.1) is 6.04 Å². The maximum absolute atomic E-state index is 12.4. The van der Waals surface area contributed by atoms with Crippen LogP contribution in [-0.4, -0.2) is 35.7 Å². The van der Waals surface area contributed by atoms with Crippen LogP contribution >= 0.6 is 0 Å². The highest BCUT2D eigenvalue weighted by atomic mass is 16.3. The van der Waals surface area contributed by atoms with Gasteiger partial charge in [-0.3, -0.25) is 4.79 Å². The van der Waals surface area contributed by atoms with Gasteiger partial charge in [-0.15, -0.1) is 0 Å². The first-order valence-electron chi connectivity index (χ1n) is 8.47. The lowest BCUT2D eigenvalue weighted by Gasteiger charge is -2.30. The van der Waals surface area contributed by atoms with Gasteiger partial charge in [-0.25, -0.2) is 0 Å². The number of aliphatic hydroxyl groups excluding tert-OH is 1. The molecular weight excluding hydrogens is 252 g/mol. The third kappa shape index (κ3) is 5.06. The summed E-state index contributed by atoms with van der Waals surface area (Å²) in [7, 11) is 0. The Labute approximate surface area is 122 Å². The zero-order valence-electron chi connectivity index (χ0n) is 12.6. The SMILES string of the molecule is O=C(NC1CCCCC1)[C@H](CCO)NC1CCCCC1. The molecule has 0 aromatic heterocycles. The van der Waals surface area contributed by atoms with Gasteiger partial charge in [0.25, 0.3) is 0 Å². The summed E-state index contributed by atoms with van der Waals surface area (Å²) in [5, 5.41) is 15.9. The fraction of sp³-hybridized carbons (Fsp3) is 0.938. The zero-order chi connectivity index (χ0) is 14.2. The molecule has 0 saturated heterocycles. The number of carbonyl (C=O) groups is 1. The maximum atomic E-state index is 12.4. The van der Waals surface area contributed by atoms with Crippen LogP contribution in [0.1, 0.15) is 70.6 Å². The van der Waals surface area contributed by atoms with Crippen LogP contribution in [0.2, 0.25) is 0 Å². The van der Waals surface area contributed by atoms with Crippen LogP contribution in [0.5, 0.6) is 0 Å². The molecule has 0 aliphatic heterocycles. The molecule has 4 nitrogen and oxygen atoms in total. The molecule has 0 bridgehead atoms. The van der Waals surface area contributed by atoms with E-state index in [-0.39, 0.29) is 18.6 Å². The van der Waals surface area contributed by atoms with Gasteiger partial charge in [0.1, 0.15) is 0 Å². The Morgan fingerprint density at radius 2 is 1.50 bits per heavy atom. The van der Waals surface area contributed by atoms with Crippen LogP contribution in [0.15, 0.2) is 0 Å². The lowest BCUT2D eigenvalue weighted by Crippen LogP contribution is -2.51. The second kappa shape index (κ2) is 8.63. The van der Waals surface area contributed by atoms with Gasteiger partial charge in [0, 0.05) is 18.7 Å². The van der Waals surface area contributed by atoms with Gasteiger partial charge in [0.15, 0.2) is 0 Å². The molecule has 2 saturated carbocycles. The number of aliphatic hydroxyl groups is 1. The monoisotopic (exact) mass is 282 g/mol. The Hall–Kier alpha value is -0.610. The molecule has 0 heterocycles. The molecule has 1 atom stereocenters. The van der Waals surface area contributed by atoms with Crippen LogP contribution in [0.3, 0.4) is 0 Å².